The normalized spacial score (nSPS) is 11.1. The van der Waals surface area contributed by atoms with Gasteiger partial charge in [-0.3, -0.25) is 9.59 Å². The summed E-state index contributed by atoms with van der Waals surface area (Å²) in [5.41, 5.74) is 1.93. The van der Waals surface area contributed by atoms with Gasteiger partial charge in [0, 0.05) is 23.4 Å². The maximum atomic E-state index is 12.4. The fourth-order valence-electron chi connectivity index (χ4n) is 2.43. The third-order valence-corrected chi connectivity index (χ3v) is 3.45. The van der Waals surface area contributed by atoms with Crippen LogP contribution in [0, 0.1) is 6.92 Å². The molecular weight excluding hydrogens is 346 g/mol. The fraction of sp³-hybridized carbons (Fsp3) is 0.400. The number of ether oxygens (including phenoxy) is 1. The Kier molecular flexibility index (Phi) is 6.63. The number of Topliss-reactive ketones (excluding diaryl/α,β-unsaturated/α-hetero) is 1. The van der Waals surface area contributed by atoms with Crippen molar-refractivity contribution >= 4 is 17.7 Å². The molecule has 2 aromatic rings. The van der Waals surface area contributed by atoms with Crippen LogP contribution in [0.4, 0.5) is 5.95 Å². The third-order valence-electron chi connectivity index (χ3n) is 3.45. The first-order valence-electron chi connectivity index (χ1n) is 8.74. The van der Waals surface area contributed by atoms with Crippen molar-refractivity contribution in [3.63, 3.8) is 0 Å². The number of carbonyl (C=O) groups is 2. The SMILES string of the molecule is Cc1cc(-c2cccc(C(=O)CC(=O)OC(C)(C)C)c2)nc(NCCO)n1. The number of esters is 1. The van der Waals surface area contributed by atoms with Gasteiger partial charge in [-0.05, 0) is 39.8 Å². The number of nitrogens with zero attached hydrogens (tertiary/aromatic N) is 2. The number of benzene rings is 1. The molecule has 1 aromatic heterocycles. The highest BCUT2D eigenvalue weighted by Crippen LogP contribution is 2.21. The lowest BCUT2D eigenvalue weighted by molar-refractivity contribution is -0.153. The summed E-state index contributed by atoms with van der Waals surface area (Å²) in [4.78, 5) is 33.0. The molecule has 1 heterocycles. The van der Waals surface area contributed by atoms with Crippen LogP contribution >= 0.6 is 0 Å². The quantitative estimate of drug-likeness (QED) is 0.438. The first-order chi connectivity index (χ1) is 12.7. The van der Waals surface area contributed by atoms with E-state index in [1.54, 1.807) is 39.0 Å². The zero-order chi connectivity index (χ0) is 20.0. The smallest absolute Gasteiger partial charge is 0.314 e. The number of aryl methyl sites for hydroxylation is 1. The molecule has 0 radical (unpaired) electrons. The number of carbonyl (C=O) groups excluding carboxylic acids is 2. The number of hydrogen-bond donors (Lipinski definition) is 2. The van der Waals surface area contributed by atoms with Crippen LogP contribution in [0.15, 0.2) is 30.3 Å². The van der Waals surface area contributed by atoms with Crippen molar-refractivity contribution in [1.29, 1.82) is 0 Å². The summed E-state index contributed by atoms with van der Waals surface area (Å²) in [7, 11) is 0. The predicted molar refractivity (Wildman–Crippen MR) is 103 cm³/mol. The van der Waals surface area contributed by atoms with E-state index in [9.17, 15) is 9.59 Å². The molecule has 0 saturated heterocycles. The van der Waals surface area contributed by atoms with Gasteiger partial charge in [-0.15, -0.1) is 0 Å². The highest BCUT2D eigenvalue weighted by atomic mass is 16.6. The summed E-state index contributed by atoms with van der Waals surface area (Å²) in [5, 5.41) is 11.9. The van der Waals surface area contributed by atoms with E-state index in [-0.39, 0.29) is 18.8 Å². The van der Waals surface area contributed by atoms with Crippen LogP contribution in [-0.4, -0.2) is 45.6 Å². The Hall–Kier alpha value is -2.80. The summed E-state index contributed by atoms with van der Waals surface area (Å²) >= 11 is 0. The molecule has 0 spiro atoms. The number of rotatable bonds is 7. The Labute approximate surface area is 158 Å². The zero-order valence-electron chi connectivity index (χ0n) is 16.1. The molecule has 144 valence electrons. The molecule has 0 fully saturated rings. The molecular formula is C20H25N3O4. The van der Waals surface area contributed by atoms with Crippen molar-refractivity contribution in [2.45, 2.75) is 39.7 Å². The molecule has 1 aromatic carbocycles. The van der Waals surface area contributed by atoms with Crippen molar-refractivity contribution in [2.75, 3.05) is 18.5 Å². The Morgan fingerprint density at radius 3 is 2.59 bits per heavy atom. The molecule has 7 heteroatoms. The maximum absolute atomic E-state index is 12.4. The van der Waals surface area contributed by atoms with Crippen LogP contribution in [0.25, 0.3) is 11.3 Å². The zero-order valence-corrected chi connectivity index (χ0v) is 16.1. The second-order valence-corrected chi connectivity index (χ2v) is 7.14. The van der Waals surface area contributed by atoms with Crippen LogP contribution in [0.1, 0.15) is 43.2 Å². The number of aliphatic hydroxyl groups excluding tert-OH is 1. The lowest BCUT2D eigenvalue weighted by Gasteiger charge is -2.19. The van der Waals surface area contributed by atoms with E-state index in [4.69, 9.17) is 9.84 Å². The van der Waals surface area contributed by atoms with Crippen LogP contribution < -0.4 is 5.32 Å². The van der Waals surface area contributed by atoms with Crippen molar-refractivity contribution < 1.29 is 19.4 Å². The molecule has 0 atom stereocenters. The van der Waals surface area contributed by atoms with Crippen molar-refractivity contribution in [3.05, 3.63) is 41.6 Å². The number of aliphatic hydroxyl groups is 1. The number of aromatic nitrogens is 2. The van der Waals surface area contributed by atoms with Gasteiger partial charge in [-0.1, -0.05) is 18.2 Å². The number of ketones is 1. The topological polar surface area (TPSA) is 101 Å². The van der Waals surface area contributed by atoms with Crippen LogP contribution in [-0.2, 0) is 9.53 Å². The minimum atomic E-state index is -0.629. The highest BCUT2D eigenvalue weighted by Gasteiger charge is 2.20. The third kappa shape index (κ3) is 6.45. The van der Waals surface area contributed by atoms with E-state index < -0.39 is 11.6 Å². The molecule has 0 aliphatic heterocycles. The van der Waals surface area contributed by atoms with E-state index in [0.717, 1.165) is 11.3 Å². The second kappa shape index (κ2) is 8.73. The van der Waals surface area contributed by atoms with Crippen molar-refractivity contribution in [2.24, 2.45) is 0 Å². The van der Waals surface area contributed by atoms with Crippen molar-refractivity contribution in [1.82, 2.24) is 9.97 Å². The largest absolute Gasteiger partial charge is 0.460 e. The Balaban J connectivity index is 2.21. The summed E-state index contributed by atoms with van der Waals surface area (Å²) in [6.07, 6.45) is -0.313. The molecule has 27 heavy (non-hydrogen) atoms. The lowest BCUT2D eigenvalue weighted by Crippen LogP contribution is -2.25. The second-order valence-electron chi connectivity index (χ2n) is 7.14. The molecule has 7 nitrogen and oxygen atoms in total. The highest BCUT2D eigenvalue weighted by molar-refractivity contribution is 6.06. The molecule has 0 aliphatic rings. The number of anilines is 1. The predicted octanol–water partition coefficient (Wildman–Crippen LogP) is 2.77. The Morgan fingerprint density at radius 2 is 1.93 bits per heavy atom. The standard InChI is InChI=1S/C20H25N3O4/c1-13-10-16(23-19(22-13)21-8-9-24)14-6-5-7-15(11-14)17(25)12-18(26)27-20(2,3)4/h5-7,10-11,24H,8-9,12H2,1-4H3,(H,21,22,23). The van der Waals surface area contributed by atoms with E-state index in [0.29, 0.717) is 23.8 Å². The molecule has 0 saturated carbocycles. The van der Waals surface area contributed by atoms with Gasteiger partial charge in [0.05, 0.1) is 12.3 Å². The Morgan fingerprint density at radius 1 is 1.19 bits per heavy atom. The van der Waals surface area contributed by atoms with E-state index in [1.165, 1.54) is 0 Å². The molecule has 2 rings (SSSR count). The average Bonchev–Trinajstić information content (AvgIpc) is 2.58. The first-order valence-corrected chi connectivity index (χ1v) is 8.74. The molecule has 0 aliphatic carbocycles. The van der Waals surface area contributed by atoms with Gasteiger partial charge in [-0.2, -0.15) is 0 Å². The van der Waals surface area contributed by atoms with Gasteiger partial charge in [0.2, 0.25) is 5.95 Å². The summed E-state index contributed by atoms with van der Waals surface area (Å²) in [5.74, 6) is -0.452. The van der Waals surface area contributed by atoms with Gasteiger partial charge in [-0.25, -0.2) is 9.97 Å². The molecule has 2 N–H and O–H groups in total. The fourth-order valence-corrected chi connectivity index (χ4v) is 2.43. The number of hydrogen-bond acceptors (Lipinski definition) is 7. The summed E-state index contributed by atoms with van der Waals surface area (Å²) in [6.45, 7) is 7.44. The van der Waals surface area contributed by atoms with Crippen LogP contribution in [0.2, 0.25) is 0 Å². The first kappa shape index (κ1) is 20.5. The van der Waals surface area contributed by atoms with Crippen LogP contribution in [0.3, 0.4) is 0 Å². The average molecular weight is 371 g/mol. The number of nitrogens with one attached hydrogen (secondary N) is 1. The monoisotopic (exact) mass is 371 g/mol. The molecule has 0 amide bonds. The van der Waals surface area contributed by atoms with Gasteiger partial charge in [0.25, 0.3) is 0 Å². The van der Waals surface area contributed by atoms with Gasteiger partial charge in [0.1, 0.15) is 12.0 Å². The van der Waals surface area contributed by atoms with E-state index in [1.807, 2.05) is 19.1 Å². The van der Waals surface area contributed by atoms with Crippen molar-refractivity contribution in [3.8, 4) is 11.3 Å². The maximum Gasteiger partial charge on any atom is 0.314 e. The van der Waals surface area contributed by atoms with Gasteiger partial charge in [0.15, 0.2) is 5.78 Å². The Bertz CT molecular complexity index is 828. The van der Waals surface area contributed by atoms with Gasteiger partial charge >= 0.3 is 5.97 Å². The molecule has 0 bridgehead atoms. The van der Waals surface area contributed by atoms with Gasteiger partial charge < -0.3 is 15.2 Å². The molecule has 0 unspecified atom stereocenters. The van der Waals surface area contributed by atoms with E-state index >= 15 is 0 Å². The minimum absolute atomic E-state index is 0.0265. The van der Waals surface area contributed by atoms with Crippen LogP contribution in [0.5, 0.6) is 0 Å². The summed E-state index contributed by atoms with van der Waals surface area (Å²) in [6, 6.07) is 8.75. The van der Waals surface area contributed by atoms with E-state index in [2.05, 4.69) is 15.3 Å². The minimum Gasteiger partial charge on any atom is -0.460 e. The lowest BCUT2D eigenvalue weighted by atomic mass is 10.0. The summed E-state index contributed by atoms with van der Waals surface area (Å²) < 4.78 is 5.20.